The predicted octanol–water partition coefficient (Wildman–Crippen LogP) is 5.64. The van der Waals surface area contributed by atoms with Gasteiger partial charge in [-0.3, -0.25) is 4.79 Å². The van der Waals surface area contributed by atoms with Crippen molar-refractivity contribution >= 4 is 17.6 Å². The van der Waals surface area contributed by atoms with Crippen LogP contribution in [0.5, 0.6) is 5.75 Å². The molecule has 3 rings (SSSR count). The average molecular weight is 351 g/mol. The molecule has 1 heterocycles. The fourth-order valence-electron chi connectivity index (χ4n) is 2.69. The summed E-state index contributed by atoms with van der Waals surface area (Å²) in [5.74, 6) is 0.876. The van der Waals surface area contributed by atoms with Crippen molar-refractivity contribution in [3.05, 3.63) is 59.8 Å². The number of rotatable bonds is 6. The van der Waals surface area contributed by atoms with E-state index in [0.29, 0.717) is 5.56 Å². The molecule has 2 aromatic carbocycles. The van der Waals surface area contributed by atoms with Crippen LogP contribution in [-0.4, -0.2) is 17.4 Å². The van der Waals surface area contributed by atoms with Gasteiger partial charge in [-0.05, 0) is 61.7 Å². The second-order valence-electron chi connectivity index (χ2n) is 6.11. The molecule has 4 heteroatoms. The third-order valence-electron chi connectivity index (χ3n) is 3.89. The average Bonchev–Trinajstić information content (AvgIpc) is 3.11. The maximum atomic E-state index is 11.0. The molecule has 0 saturated carbocycles. The van der Waals surface area contributed by atoms with Crippen LogP contribution in [0.3, 0.4) is 0 Å². The van der Waals surface area contributed by atoms with Gasteiger partial charge in [0.25, 0.3) is 0 Å². The third-order valence-corrected chi connectivity index (χ3v) is 4.97. The summed E-state index contributed by atoms with van der Waals surface area (Å²) in [7, 11) is 0. The van der Waals surface area contributed by atoms with Gasteiger partial charge in [0, 0.05) is 17.3 Å². The highest BCUT2D eigenvalue weighted by molar-refractivity contribution is 7.18. The highest BCUT2D eigenvalue weighted by atomic mass is 32.1. The summed E-state index contributed by atoms with van der Waals surface area (Å²) in [6.45, 7) is 6.13. The van der Waals surface area contributed by atoms with Gasteiger partial charge in [0.15, 0.2) is 0 Å². The Morgan fingerprint density at radius 1 is 1.16 bits per heavy atom. The number of hydrogen-bond acceptors (Lipinski definition) is 4. The lowest BCUT2D eigenvalue weighted by Gasteiger charge is -2.09. The zero-order chi connectivity index (χ0) is 17.8. The van der Waals surface area contributed by atoms with E-state index in [1.807, 2.05) is 50.4 Å². The molecule has 0 saturated heterocycles. The second kappa shape index (κ2) is 7.62. The summed E-state index contributed by atoms with van der Waals surface area (Å²) in [6, 6.07) is 13.9. The van der Waals surface area contributed by atoms with Crippen LogP contribution in [-0.2, 0) is 6.42 Å². The van der Waals surface area contributed by atoms with Crippen LogP contribution in [0.1, 0.15) is 36.7 Å². The number of carbonyl (C=O) groups is 1. The van der Waals surface area contributed by atoms with Gasteiger partial charge in [-0.15, -0.1) is 11.3 Å². The van der Waals surface area contributed by atoms with E-state index in [2.05, 4.69) is 24.0 Å². The summed E-state index contributed by atoms with van der Waals surface area (Å²) in [6.07, 6.45) is 3.83. The minimum absolute atomic E-state index is 0.169. The first-order valence-corrected chi connectivity index (χ1v) is 9.23. The van der Waals surface area contributed by atoms with E-state index < -0.39 is 0 Å². The van der Waals surface area contributed by atoms with Crippen molar-refractivity contribution < 1.29 is 9.53 Å². The van der Waals surface area contributed by atoms with Crippen LogP contribution in [0.15, 0.2) is 48.7 Å². The van der Waals surface area contributed by atoms with Gasteiger partial charge in [0.1, 0.15) is 17.0 Å². The molecule has 0 N–H and O–H groups in total. The van der Waals surface area contributed by atoms with Gasteiger partial charge in [0.05, 0.1) is 11.0 Å². The first kappa shape index (κ1) is 17.4. The Morgan fingerprint density at radius 2 is 1.92 bits per heavy atom. The summed E-state index contributed by atoms with van der Waals surface area (Å²) in [5, 5.41) is 0.979. The van der Waals surface area contributed by atoms with Crippen LogP contribution in [0.4, 0.5) is 0 Å². The SMILES string of the molecule is CCc1cc(C=O)ccc1-c1ncc(-c2ccc(OC(C)C)cc2)s1. The first-order chi connectivity index (χ1) is 12.1. The Kier molecular flexibility index (Phi) is 5.29. The molecule has 128 valence electrons. The quantitative estimate of drug-likeness (QED) is 0.540. The molecule has 1 aromatic heterocycles. The molecule has 0 atom stereocenters. The smallest absolute Gasteiger partial charge is 0.150 e. The number of ether oxygens (including phenoxy) is 1. The molecule has 0 fully saturated rings. The van der Waals surface area contributed by atoms with Crippen LogP contribution in [0, 0.1) is 0 Å². The second-order valence-corrected chi connectivity index (χ2v) is 7.14. The van der Waals surface area contributed by atoms with Crippen molar-refractivity contribution in [1.82, 2.24) is 4.98 Å². The number of aromatic nitrogens is 1. The van der Waals surface area contributed by atoms with Crippen LogP contribution in [0.25, 0.3) is 21.0 Å². The molecular formula is C21H21NO2S. The first-order valence-electron chi connectivity index (χ1n) is 8.42. The number of benzene rings is 2. The summed E-state index contributed by atoms with van der Waals surface area (Å²) < 4.78 is 5.69. The number of hydrogen-bond donors (Lipinski definition) is 0. The molecule has 25 heavy (non-hydrogen) atoms. The molecule has 3 nitrogen and oxygen atoms in total. The Bertz CT molecular complexity index is 866. The number of aryl methyl sites for hydroxylation is 1. The molecule has 0 bridgehead atoms. The number of thiazole rings is 1. The minimum Gasteiger partial charge on any atom is -0.491 e. The highest BCUT2D eigenvalue weighted by Crippen LogP contribution is 2.34. The number of aldehydes is 1. The summed E-state index contributed by atoms with van der Waals surface area (Å²) >= 11 is 1.66. The maximum Gasteiger partial charge on any atom is 0.150 e. The lowest BCUT2D eigenvalue weighted by atomic mass is 10.0. The van der Waals surface area contributed by atoms with Gasteiger partial charge >= 0.3 is 0 Å². The Morgan fingerprint density at radius 3 is 2.56 bits per heavy atom. The van der Waals surface area contributed by atoms with Gasteiger partial charge < -0.3 is 4.74 Å². The fourth-order valence-corrected chi connectivity index (χ4v) is 3.67. The van der Waals surface area contributed by atoms with Crippen LogP contribution >= 0.6 is 11.3 Å². The van der Waals surface area contributed by atoms with E-state index in [1.165, 1.54) is 0 Å². The van der Waals surface area contributed by atoms with E-state index in [4.69, 9.17) is 4.74 Å². The van der Waals surface area contributed by atoms with Crippen molar-refractivity contribution in [2.75, 3.05) is 0 Å². The molecule has 3 aromatic rings. The zero-order valence-electron chi connectivity index (χ0n) is 14.7. The Labute approximate surface area is 152 Å². The van der Waals surface area contributed by atoms with Crippen LogP contribution in [0.2, 0.25) is 0 Å². The summed E-state index contributed by atoms with van der Waals surface area (Å²) in [4.78, 5) is 16.7. The Hall–Kier alpha value is -2.46. The van der Waals surface area contributed by atoms with Crippen molar-refractivity contribution in [2.45, 2.75) is 33.3 Å². The highest BCUT2D eigenvalue weighted by Gasteiger charge is 2.11. The monoisotopic (exact) mass is 351 g/mol. The topological polar surface area (TPSA) is 39.2 Å². The molecular weight excluding hydrogens is 330 g/mol. The number of carbonyl (C=O) groups excluding carboxylic acids is 1. The van der Waals surface area contributed by atoms with Crippen molar-refractivity contribution in [2.24, 2.45) is 0 Å². The van der Waals surface area contributed by atoms with Crippen LogP contribution < -0.4 is 4.74 Å². The van der Waals surface area contributed by atoms with Gasteiger partial charge in [-0.25, -0.2) is 4.98 Å². The third kappa shape index (κ3) is 3.97. The van der Waals surface area contributed by atoms with E-state index in [-0.39, 0.29) is 6.10 Å². The molecule has 0 aliphatic heterocycles. The molecule has 0 unspecified atom stereocenters. The van der Waals surface area contributed by atoms with E-state index >= 15 is 0 Å². The molecule has 0 amide bonds. The molecule has 0 radical (unpaired) electrons. The molecule has 0 spiro atoms. The van der Waals surface area contributed by atoms with Crippen molar-refractivity contribution in [1.29, 1.82) is 0 Å². The van der Waals surface area contributed by atoms with Gasteiger partial charge in [-0.2, -0.15) is 0 Å². The predicted molar refractivity (Wildman–Crippen MR) is 104 cm³/mol. The van der Waals surface area contributed by atoms with Crippen molar-refractivity contribution in [3.63, 3.8) is 0 Å². The Balaban J connectivity index is 1.89. The van der Waals surface area contributed by atoms with Crippen molar-refractivity contribution in [3.8, 4) is 26.8 Å². The lowest BCUT2D eigenvalue weighted by molar-refractivity contribution is 0.112. The standard InChI is InChI=1S/C21H21NO2S/c1-4-16-11-15(13-23)5-10-19(16)21-22-12-20(25-21)17-6-8-18(9-7-17)24-14(2)3/h5-14H,4H2,1-3H3. The van der Waals surface area contributed by atoms with Gasteiger partial charge in [0.2, 0.25) is 0 Å². The normalized spacial score (nSPS) is 10.9. The van der Waals surface area contributed by atoms with E-state index in [1.54, 1.807) is 11.3 Å². The maximum absolute atomic E-state index is 11.0. The fraction of sp³-hybridized carbons (Fsp3) is 0.238. The molecule has 0 aliphatic carbocycles. The van der Waals surface area contributed by atoms with E-state index in [9.17, 15) is 4.79 Å². The lowest BCUT2D eigenvalue weighted by Crippen LogP contribution is -2.04. The van der Waals surface area contributed by atoms with E-state index in [0.717, 1.165) is 45.0 Å². The molecule has 0 aliphatic rings. The zero-order valence-corrected chi connectivity index (χ0v) is 15.5. The summed E-state index contributed by atoms with van der Waals surface area (Å²) in [5.41, 5.74) is 4.08. The largest absolute Gasteiger partial charge is 0.491 e. The van der Waals surface area contributed by atoms with Gasteiger partial charge in [-0.1, -0.05) is 19.1 Å². The minimum atomic E-state index is 0.169. The number of nitrogens with zero attached hydrogens (tertiary/aromatic N) is 1.